The van der Waals surface area contributed by atoms with Crippen LogP contribution in [0.2, 0.25) is 5.02 Å². The molecule has 0 bridgehead atoms. The second-order valence-corrected chi connectivity index (χ2v) is 5.97. The van der Waals surface area contributed by atoms with E-state index in [2.05, 4.69) is 30.5 Å². The van der Waals surface area contributed by atoms with E-state index >= 15 is 0 Å². The van der Waals surface area contributed by atoms with Crippen LogP contribution in [0.15, 0.2) is 71.6 Å². The highest BCUT2D eigenvalue weighted by Gasteiger charge is 2.06. The van der Waals surface area contributed by atoms with E-state index in [9.17, 15) is 0 Å². The molecule has 1 aromatic heterocycles. The molecule has 0 fully saturated rings. The molecule has 0 radical (unpaired) electrons. The Morgan fingerprint density at radius 1 is 0.810 bits per heavy atom. The van der Waals surface area contributed by atoms with E-state index in [4.69, 9.17) is 16.6 Å². The van der Waals surface area contributed by atoms with Crippen LogP contribution in [-0.2, 0) is 0 Å². The van der Waals surface area contributed by atoms with Crippen LogP contribution in [0.3, 0.4) is 0 Å². The average Bonchev–Trinajstić information content (AvgIpc) is 2.56. The van der Waals surface area contributed by atoms with Gasteiger partial charge in [-0.25, -0.2) is 4.98 Å². The fourth-order valence-corrected chi connectivity index (χ4v) is 2.73. The maximum atomic E-state index is 5.96. The topological polar surface area (TPSA) is 12.9 Å². The first-order valence-electron chi connectivity index (χ1n) is 6.64. The van der Waals surface area contributed by atoms with Crippen molar-refractivity contribution in [3.8, 4) is 22.5 Å². The summed E-state index contributed by atoms with van der Waals surface area (Å²) in [6.45, 7) is 0. The molecule has 3 rings (SSSR count). The quantitative estimate of drug-likeness (QED) is 0.568. The number of thioether (sulfide) groups is 1. The van der Waals surface area contributed by atoms with E-state index in [0.717, 1.165) is 27.5 Å². The summed E-state index contributed by atoms with van der Waals surface area (Å²) in [7, 11) is 0. The average molecular weight is 312 g/mol. The Balaban J connectivity index is 2.11. The molecule has 1 nitrogen and oxygen atoms in total. The minimum Gasteiger partial charge on any atom is -0.248 e. The van der Waals surface area contributed by atoms with Crippen molar-refractivity contribution in [2.75, 3.05) is 6.26 Å². The first-order valence-corrected chi connectivity index (χ1v) is 8.24. The smallest absolute Gasteiger partial charge is 0.0720 e. The van der Waals surface area contributed by atoms with Crippen LogP contribution < -0.4 is 0 Å². The summed E-state index contributed by atoms with van der Waals surface area (Å²) >= 11 is 7.68. The van der Waals surface area contributed by atoms with Crippen molar-refractivity contribution in [2.24, 2.45) is 0 Å². The molecule has 1 heterocycles. The van der Waals surface area contributed by atoms with Gasteiger partial charge in [-0.05, 0) is 30.5 Å². The monoisotopic (exact) mass is 311 g/mol. The fourth-order valence-electron chi connectivity index (χ4n) is 2.15. The molecule has 0 spiro atoms. The maximum Gasteiger partial charge on any atom is 0.0720 e. The van der Waals surface area contributed by atoms with Gasteiger partial charge in [-0.2, -0.15) is 0 Å². The third-order valence-corrected chi connectivity index (χ3v) is 4.20. The standard InChI is InChI=1S/C18H14ClNS/c1-21-16-11-17(13-5-3-2-4-6-13)20-18(12-16)14-7-9-15(19)10-8-14/h2-12H,1H3. The number of hydrogen-bond acceptors (Lipinski definition) is 2. The Morgan fingerprint density at radius 2 is 1.38 bits per heavy atom. The fraction of sp³-hybridized carbons (Fsp3) is 0.0556. The number of rotatable bonds is 3. The number of hydrogen-bond donors (Lipinski definition) is 0. The van der Waals surface area contributed by atoms with Crippen molar-refractivity contribution in [3.63, 3.8) is 0 Å². The molecule has 0 saturated carbocycles. The zero-order chi connectivity index (χ0) is 14.7. The molecular formula is C18H14ClNS. The van der Waals surface area contributed by atoms with Gasteiger partial charge in [0.05, 0.1) is 11.4 Å². The summed E-state index contributed by atoms with van der Waals surface area (Å²) in [4.78, 5) is 6.00. The van der Waals surface area contributed by atoms with E-state index in [1.165, 1.54) is 4.90 Å². The van der Waals surface area contributed by atoms with Gasteiger partial charge in [-0.1, -0.05) is 54.1 Å². The highest BCUT2D eigenvalue weighted by atomic mass is 35.5. The molecule has 3 heteroatoms. The zero-order valence-electron chi connectivity index (χ0n) is 11.6. The van der Waals surface area contributed by atoms with Crippen molar-refractivity contribution in [2.45, 2.75) is 4.90 Å². The van der Waals surface area contributed by atoms with Crippen LogP contribution in [-0.4, -0.2) is 11.2 Å². The molecule has 0 atom stereocenters. The van der Waals surface area contributed by atoms with Crippen molar-refractivity contribution < 1.29 is 0 Å². The minimum atomic E-state index is 0.739. The lowest BCUT2D eigenvalue weighted by Gasteiger charge is -2.08. The third-order valence-electron chi connectivity index (χ3n) is 3.24. The molecule has 21 heavy (non-hydrogen) atoms. The van der Waals surface area contributed by atoms with E-state index < -0.39 is 0 Å². The van der Waals surface area contributed by atoms with Crippen LogP contribution in [0.1, 0.15) is 0 Å². The number of nitrogens with zero attached hydrogens (tertiary/aromatic N) is 1. The predicted octanol–water partition coefficient (Wildman–Crippen LogP) is 5.79. The van der Waals surface area contributed by atoms with Gasteiger partial charge in [0.15, 0.2) is 0 Å². The lowest BCUT2D eigenvalue weighted by Crippen LogP contribution is -1.89. The van der Waals surface area contributed by atoms with Gasteiger partial charge in [0.25, 0.3) is 0 Å². The van der Waals surface area contributed by atoms with Crippen molar-refractivity contribution >= 4 is 23.4 Å². The van der Waals surface area contributed by atoms with Gasteiger partial charge < -0.3 is 0 Å². The van der Waals surface area contributed by atoms with Crippen LogP contribution in [0.4, 0.5) is 0 Å². The SMILES string of the molecule is CSc1cc(-c2ccccc2)nc(-c2ccc(Cl)cc2)c1. The highest BCUT2D eigenvalue weighted by Crippen LogP contribution is 2.29. The Labute approximate surface area is 134 Å². The first kappa shape index (κ1) is 14.2. The normalized spacial score (nSPS) is 10.6. The third kappa shape index (κ3) is 3.29. The molecular weight excluding hydrogens is 298 g/mol. The number of benzene rings is 2. The predicted molar refractivity (Wildman–Crippen MR) is 91.9 cm³/mol. The Bertz CT molecular complexity index is 739. The molecule has 104 valence electrons. The lowest BCUT2D eigenvalue weighted by atomic mass is 10.1. The first-order chi connectivity index (χ1) is 10.3. The molecule has 3 aromatic rings. The van der Waals surface area contributed by atoms with Crippen molar-refractivity contribution in [3.05, 3.63) is 71.8 Å². The molecule has 0 unspecified atom stereocenters. The molecule has 0 aliphatic rings. The second kappa shape index (κ2) is 6.33. The lowest BCUT2D eigenvalue weighted by molar-refractivity contribution is 1.27. The number of halogens is 1. The van der Waals surface area contributed by atoms with Crippen LogP contribution in [0.5, 0.6) is 0 Å². The maximum absolute atomic E-state index is 5.96. The summed E-state index contributed by atoms with van der Waals surface area (Å²) in [5, 5.41) is 0.739. The summed E-state index contributed by atoms with van der Waals surface area (Å²) in [6.07, 6.45) is 2.08. The zero-order valence-corrected chi connectivity index (χ0v) is 13.2. The van der Waals surface area contributed by atoms with Gasteiger partial charge in [0.1, 0.15) is 0 Å². The summed E-state index contributed by atoms with van der Waals surface area (Å²) in [6, 6.07) is 22.3. The molecule has 0 aliphatic heterocycles. The van der Waals surface area contributed by atoms with E-state index in [-0.39, 0.29) is 0 Å². The number of pyridine rings is 1. The van der Waals surface area contributed by atoms with Gasteiger partial charge >= 0.3 is 0 Å². The van der Waals surface area contributed by atoms with Gasteiger partial charge in [-0.3, -0.25) is 0 Å². The molecule has 0 amide bonds. The van der Waals surface area contributed by atoms with Crippen LogP contribution >= 0.6 is 23.4 Å². The van der Waals surface area contributed by atoms with E-state index in [0.29, 0.717) is 0 Å². The van der Waals surface area contributed by atoms with Crippen molar-refractivity contribution in [1.82, 2.24) is 4.98 Å². The molecule has 2 aromatic carbocycles. The number of aromatic nitrogens is 1. The molecule has 0 aliphatic carbocycles. The Morgan fingerprint density at radius 3 is 1.95 bits per heavy atom. The van der Waals surface area contributed by atoms with Gasteiger partial charge in [-0.15, -0.1) is 11.8 Å². The van der Waals surface area contributed by atoms with E-state index in [1.54, 1.807) is 11.8 Å². The Kier molecular flexibility index (Phi) is 4.28. The summed E-state index contributed by atoms with van der Waals surface area (Å²) in [5.41, 5.74) is 4.17. The highest BCUT2D eigenvalue weighted by molar-refractivity contribution is 7.98. The minimum absolute atomic E-state index is 0.739. The largest absolute Gasteiger partial charge is 0.248 e. The summed E-state index contributed by atoms with van der Waals surface area (Å²) < 4.78 is 0. The van der Waals surface area contributed by atoms with Gasteiger partial charge in [0.2, 0.25) is 0 Å². The molecule has 0 N–H and O–H groups in total. The van der Waals surface area contributed by atoms with Crippen LogP contribution in [0, 0.1) is 0 Å². The Hall–Kier alpha value is -1.77. The van der Waals surface area contributed by atoms with Gasteiger partial charge in [0, 0.05) is 21.0 Å². The van der Waals surface area contributed by atoms with Crippen molar-refractivity contribution in [1.29, 1.82) is 0 Å². The molecule has 0 saturated heterocycles. The second-order valence-electron chi connectivity index (χ2n) is 4.65. The van der Waals surface area contributed by atoms with E-state index in [1.807, 2.05) is 42.5 Å². The van der Waals surface area contributed by atoms with Crippen LogP contribution in [0.25, 0.3) is 22.5 Å². The summed E-state index contributed by atoms with van der Waals surface area (Å²) in [5.74, 6) is 0.